The van der Waals surface area contributed by atoms with Crippen LogP contribution in [-0.2, 0) is 16.8 Å². The lowest BCUT2D eigenvalue weighted by Crippen LogP contribution is -2.20. The highest BCUT2D eigenvalue weighted by Gasteiger charge is 2.18. The van der Waals surface area contributed by atoms with E-state index in [2.05, 4.69) is 70.8 Å². The molecular weight excluding hydrogens is 440 g/mol. The highest BCUT2D eigenvalue weighted by Crippen LogP contribution is 2.28. The number of amides is 1. The number of rotatable bonds is 6. The summed E-state index contributed by atoms with van der Waals surface area (Å²) in [4.78, 5) is 12.5. The minimum Gasteiger partial charge on any atom is -0.378 e. The first-order chi connectivity index (χ1) is 14.3. The molecule has 3 N–H and O–H groups in total. The van der Waals surface area contributed by atoms with Crippen molar-refractivity contribution < 1.29 is 9.90 Å². The molecule has 0 aliphatic carbocycles. The van der Waals surface area contributed by atoms with Crippen LogP contribution in [0.15, 0.2) is 72.8 Å². The van der Waals surface area contributed by atoms with E-state index in [0.29, 0.717) is 17.8 Å². The molecule has 0 fully saturated rings. The molecule has 1 atom stereocenters. The van der Waals surface area contributed by atoms with Crippen LogP contribution in [-0.4, -0.2) is 11.0 Å². The molecule has 0 radical (unpaired) electrons. The summed E-state index contributed by atoms with van der Waals surface area (Å²) >= 11 is 3.17. The molecule has 0 aliphatic rings. The largest absolute Gasteiger partial charge is 0.378 e. The summed E-state index contributed by atoms with van der Waals surface area (Å²) in [6, 6.07) is 23.3. The molecule has 3 aromatic carbocycles. The normalized spacial score (nSPS) is 12.4. The molecule has 0 heterocycles. The van der Waals surface area contributed by atoms with Crippen LogP contribution in [0, 0.1) is 0 Å². The lowest BCUT2D eigenvalue weighted by molar-refractivity contribution is -0.124. The number of nitrogens with one attached hydrogen (secondary N) is 2. The Morgan fingerprint density at radius 3 is 2.23 bits per heavy atom. The smallest absolute Gasteiger partial charge is 0.257 e. The molecule has 5 heteroatoms. The number of benzene rings is 3. The van der Waals surface area contributed by atoms with Crippen molar-refractivity contribution in [3.63, 3.8) is 0 Å². The Labute approximate surface area is 186 Å². The highest BCUT2D eigenvalue weighted by molar-refractivity contribution is 9.08. The van der Waals surface area contributed by atoms with Crippen molar-refractivity contribution >= 4 is 27.7 Å². The van der Waals surface area contributed by atoms with Gasteiger partial charge in [-0.05, 0) is 51.4 Å². The first kappa shape index (κ1) is 22.2. The SMILES string of the molecule is CC(C)(C)c1ccc(-c2cccc(C(O)C(=O)Nc3ccc(CNBr)cc3)c2)cc1. The maximum Gasteiger partial charge on any atom is 0.257 e. The van der Waals surface area contributed by atoms with Crippen LogP contribution in [0.5, 0.6) is 0 Å². The topological polar surface area (TPSA) is 61.4 Å². The molecule has 1 unspecified atom stereocenters. The Balaban J connectivity index is 1.73. The Kier molecular flexibility index (Phi) is 7.08. The van der Waals surface area contributed by atoms with Gasteiger partial charge in [0.1, 0.15) is 0 Å². The van der Waals surface area contributed by atoms with Crippen molar-refractivity contribution in [1.29, 1.82) is 0 Å². The van der Waals surface area contributed by atoms with Crippen molar-refractivity contribution in [3.8, 4) is 11.1 Å². The Hall–Kier alpha value is -2.47. The van der Waals surface area contributed by atoms with Crippen molar-refractivity contribution in [1.82, 2.24) is 4.34 Å². The van der Waals surface area contributed by atoms with E-state index in [0.717, 1.165) is 16.7 Å². The van der Waals surface area contributed by atoms with Crippen LogP contribution in [0.1, 0.15) is 43.6 Å². The van der Waals surface area contributed by atoms with E-state index >= 15 is 0 Å². The molecule has 0 saturated carbocycles. The van der Waals surface area contributed by atoms with E-state index in [-0.39, 0.29) is 5.41 Å². The van der Waals surface area contributed by atoms with Crippen LogP contribution in [0.25, 0.3) is 11.1 Å². The van der Waals surface area contributed by atoms with Gasteiger partial charge in [-0.3, -0.25) is 9.14 Å². The van der Waals surface area contributed by atoms with Crippen LogP contribution in [0.2, 0.25) is 0 Å². The molecule has 0 aliphatic heterocycles. The van der Waals surface area contributed by atoms with Crippen molar-refractivity contribution in [3.05, 3.63) is 89.5 Å². The van der Waals surface area contributed by atoms with Gasteiger partial charge in [0.15, 0.2) is 6.10 Å². The maximum atomic E-state index is 12.5. The molecule has 0 saturated heterocycles. The van der Waals surface area contributed by atoms with Gasteiger partial charge in [0.2, 0.25) is 0 Å². The zero-order chi connectivity index (χ0) is 21.7. The average molecular weight is 467 g/mol. The fourth-order valence-electron chi connectivity index (χ4n) is 3.20. The fourth-order valence-corrected chi connectivity index (χ4v) is 3.52. The summed E-state index contributed by atoms with van der Waals surface area (Å²) in [7, 11) is 0. The van der Waals surface area contributed by atoms with Gasteiger partial charge in [-0.25, -0.2) is 0 Å². The average Bonchev–Trinajstić information content (AvgIpc) is 2.74. The zero-order valence-corrected chi connectivity index (χ0v) is 19.0. The van der Waals surface area contributed by atoms with Gasteiger partial charge in [-0.2, -0.15) is 0 Å². The molecule has 3 aromatic rings. The second kappa shape index (κ2) is 9.56. The van der Waals surface area contributed by atoms with E-state index in [1.807, 2.05) is 42.5 Å². The fraction of sp³-hybridized carbons (Fsp3) is 0.240. The third kappa shape index (κ3) is 5.57. The van der Waals surface area contributed by atoms with E-state index in [9.17, 15) is 9.90 Å². The maximum absolute atomic E-state index is 12.5. The predicted octanol–water partition coefficient (Wildman–Crippen LogP) is 5.72. The van der Waals surface area contributed by atoms with E-state index in [4.69, 9.17) is 0 Å². The number of aliphatic hydroxyl groups excluding tert-OH is 1. The molecule has 1 amide bonds. The molecule has 4 nitrogen and oxygen atoms in total. The standard InChI is InChI=1S/C25H27BrN2O2/c1-25(2,3)21-11-9-18(10-12-21)19-5-4-6-20(15-19)23(29)24(30)28-22-13-7-17(8-14-22)16-27-26/h4-15,23,27,29H,16H2,1-3H3,(H,28,30). The van der Waals surface area contributed by atoms with Crippen LogP contribution < -0.4 is 9.66 Å². The molecule has 3 rings (SSSR count). The second-order valence-electron chi connectivity index (χ2n) is 8.35. The number of hydrogen-bond acceptors (Lipinski definition) is 3. The number of anilines is 1. The minimum atomic E-state index is -1.25. The van der Waals surface area contributed by atoms with Crippen molar-refractivity contribution in [2.75, 3.05) is 5.32 Å². The highest BCUT2D eigenvalue weighted by atomic mass is 79.9. The van der Waals surface area contributed by atoms with Gasteiger partial charge < -0.3 is 10.4 Å². The van der Waals surface area contributed by atoms with Gasteiger partial charge in [-0.15, -0.1) is 0 Å². The molecule has 30 heavy (non-hydrogen) atoms. The van der Waals surface area contributed by atoms with E-state index < -0.39 is 12.0 Å². The minimum absolute atomic E-state index is 0.0948. The summed E-state index contributed by atoms with van der Waals surface area (Å²) in [6.45, 7) is 7.23. The number of hydrogen-bond donors (Lipinski definition) is 3. The number of aliphatic hydroxyl groups is 1. The van der Waals surface area contributed by atoms with Crippen LogP contribution in [0.4, 0.5) is 5.69 Å². The van der Waals surface area contributed by atoms with Gasteiger partial charge in [0, 0.05) is 28.4 Å². The Morgan fingerprint density at radius 2 is 1.63 bits per heavy atom. The number of carbonyl (C=O) groups is 1. The zero-order valence-electron chi connectivity index (χ0n) is 17.4. The van der Waals surface area contributed by atoms with Gasteiger partial charge in [0.05, 0.1) is 0 Å². The van der Waals surface area contributed by atoms with Gasteiger partial charge in [-0.1, -0.05) is 75.4 Å². The monoisotopic (exact) mass is 466 g/mol. The van der Waals surface area contributed by atoms with Gasteiger partial charge >= 0.3 is 0 Å². The third-order valence-electron chi connectivity index (χ3n) is 5.03. The summed E-state index contributed by atoms with van der Waals surface area (Å²) in [5, 5.41) is 13.4. The molecule has 0 spiro atoms. The number of carbonyl (C=O) groups excluding carboxylic acids is 1. The first-order valence-electron chi connectivity index (χ1n) is 9.90. The van der Waals surface area contributed by atoms with Crippen molar-refractivity contribution in [2.24, 2.45) is 0 Å². The summed E-state index contributed by atoms with van der Waals surface area (Å²) in [5.74, 6) is -0.457. The van der Waals surface area contributed by atoms with Crippen LogP contribution in [0.3, 0.4) is 0 Å². The summed E-state index contributed by atoms with van der Waals surface area (Å²) in [5.41, 5.74) is 5.66. The number of halogens is 1. The predicted molar refractivity (Wildman–Crippen MR) is 126 cm³/mol. The van der Waals surface area contributed by atoms with Gasteiger partial charge in [0.25, 0.3) is 5.91 Å². The lowest BCUT2D eigenvalue weighted by atomic mass is 9.86. The molecule has 0 bridgehead atoms. The second-order valence-corrected chi connectivity index (χ2v) is 8.91. The quantitative estimate of drug-likeness (QED) is 0.406. The van der Waals surface area contributed by atoms with Crippen LogP contribution >= 0.6 is 16.1 Å². The molecule has 156 valence electrons. The summed E-state index contributed by atoms with van der Waals surface area (Å²) in [6.07, 6.45) is -1.25. The van der Waals surface area contributed by atoms with E-state index in [1.165, 1.54) is 5.56 Å². The molecular formula is C25H27BrN2O2. The summed E-state index contributed by atoms with van der Waals surface area (Å²) < 4.78 is 2.90. The first-order valence-corrected chi connectivity index (χ1v) is 10.7. The Morgan fingerprint density at radius 1 is 0.967 bits per heavy atom. The molecule has 0 aromatic heterocycles. The lowest BCUT2D eigenvalue weighted by Gasteiger charge is -2.19. The van der Waals surface area contributed by atoms with E-state index in [1.54, 1.807) is 6.07 Å². The third-order valence-corrected chi connectivity index (χ3v) is 5.31. The Bertz CT molecular complexity index is 993. The van der Waals surface area contributed by atoms with Crippen molar-refractivity contribution in [2.45, 2.75) is 38.8 Å².